The minimum atomic E-state index is -1.58. The molecule has 2 unspecified atom stereocenters. The molecule has 0 aliphatic heterocycles. The SMILES string of the molecule is CC(C)(C#CCC1(C2=CCC3[C@@H](O)CCC[C@]23C)CC1)O[Si](C)(C)C.CC(C)(O)C#CCC1(C2=CCC3[C@@H](O)CCC[C@]23C)CC1. The lowest BCUT2D eigenvalue weighted by Gasteiger charge is -2.44. The number of allylic oxidation sites excluding steroid dienone is 4. The molecule has 46 heavy (non-hydrogen) atoms. The second kappa shape index (κ2) is 12.5. The third-order valence-corrected chi connectivity index (χ3v) is 13.5. The average molecular weight is 649 g/mol. The molecule has 256 valence electrons. The van der Waals surface area contributed by atoms with Gasteiger partial charge in [-0.3, -0.25) is 0 Å². The molecule has 4 nitrogen and oxygen atoms in total. The summed E-state index contributed by atoms with van der Waals surface area (Å²) in [4.78, 5) is 0. The zero-order chi connectivity index (χ0) is 33.8. The molecule has 0 aromatic carbocycles. The molecule has 6 atom stereocenters. The molecule has 0 aromatic rings. The highest BCUT2D eigenvalue weighted by atomic mass is 28.4. The van der Waals surface area contributed by atoms with E-state index in [1.54, 1.807) is 25.0 Å². The largest absolute Gasteiger partial charge is 0.402 e. The number of aliphatic hydroxyl groups is 3. The number of aliphatic hydroxyl groups excluding tert-OH is 2. The van der Waals surface area contributed by atoms with Gasteiger partial charge in [0, 0.05) is 23.7 Å². The van der Waals surface area contributed by atoms with Crippen LogP contribution in [-0.2, 0) is 4.43 Å². The smallest absolute Gasteiger partial charge is 0.185 e. The molecule has 0 bridgehead atoms. The maximum Gasteiger partial charge on any atom is 0.185 e. The quantitative estimate of drug-likeness (QED) is 0.153. The molecule has 0 amide bonds. The van der Waals surface area contributed by atoms with Crippen LogP contribution in [0.15, 0.2) is 23.3 Å². The van der Waals surface area contributed by atoms with Crippen molar-refractivity contribution in [3.05, 3.63) is 23.3 Å². The fourth-order valence-electron chi connectivity index (χ4n) is 10.1. The van der Waals surface area contributed by atoms with E-state index in [1.807, 2.05) is 0 Å². The minimum absolute atomic E-state index is 0.113. The van der Waals surface area contributed by atoms with Crippen LogP contribution in [0.1, 0.15) is 131 Å². The normalized spacial score (nSPS) is 35.5. The molecule has 4 saturated carbocycles. The van der Waals surface area contributed by atoms with Crippen molar-refractivity contribution >= 4 is 8.32 Å². The van der Waals surface area contributed by atoms with Gasteiger partial charge in [0.25, 0.3) is 0 Å². The molecule has 0 aromatic heterocycles. The van der Waals surface area contributed by atoms with E-state index in [4.69, 9.17) is 4.43 Å². The molecule has 5 heteroatoms. The van der Waals surface area contributed by atoms with Crippen LogP contribution in [0.5, 0.6) is 0 Å². The van der Waals surface area contributed by atoms with Crippen molar-refractivity contribution in [2.24, 2.45) is 33.5 Å². The zero-order valence-corrected chi connectivity index (χ0v) is 31.6. The first-order valence-corrected chi connectivity index (χ1v) is 21.9. The molecular formula is C41H64O4Si. The van der Waals surface area contributed by atoms with Gasteiger partial charge in [-0.2, -0.15) is 0 Å². The van der Waals surface area contributed by atoms with Gasteiger partial charge in [0.05, 0.1) is 12.2 Å². The Labute approximate surface area is 282 Å². The minimum Gasteiger partial charge on any atom is -0.402 e. The molecule has 0 saturated heterocycles. The molecule has 4 fully saturated rings. The average Bonchev–Trinajstić information content (AvgIpc) is 3.79. The monoisotopic (exact) mass is 648 g/mol. The summed E-state index contributed by atoms with van der Waals surface area (Å²) >= 11 is 0. The first-order valence-electron chi connectivity index (χ1n) is 18.5. The van der Waals surface area contributed by atoms with E-state index < -0.39 is 13.9 Å². The summed E-state index contributed by atoms with van der Waals surface area (Å²) in [6.07, 6.45) is 20.2. The van der Waals surface area contributed by atoms with Gasteiger partial charge in [0.1, 0.15) is 11.2 Å². The number of rotatable bonds is 6. The van der Waals surface area contributed by atoms with Crippen LogP contribution in [-0.4, -0.2) is 47.0 Å². The fourth-order valence-corrected chi connectivity index (χ4v) is 11.7. The standard InChI is InChI=1S/C22H36O2Si.C19H28O2/c1-20(2,24-25(4,5)6)12-8-14-22(15-16-22)19-11-10-17-18(23)9-7-13-21(17,19)3;1-17(2,21)9-5-11-19(12-13-19)16-8-7-14-15(20)6-4-10-18(14,16)3/h11,17-18,23H,7,9-10,13-16H2,1-6H3;8,14-15,20-21H,4,6-7,10-13H2,1-3H3/t17?,18-,21-;14?,15-,18-/m00/s1. The number of fused-ring (bicyclic) bond motifs is 2. The van der Waals surface area contributed by atoms with Crippen molar-refractivity contribution < 1.29 is 19.7 Å². The van der Waals surface area contributed by atoms with E-state index in [0.29, 0.717) is 17.3 Å². The molecule has 0 heterocycles. The molecule has 3 N–H and O–H groups in total. The Hall–Kier alpha value is -1.34. The van der Waals surface area contributed by atoms with Gasteiger partial charge in [-0.25, -0.2) is 0 Å². The lowest BCUT2D eigenvalue weighted by Crippen LogP contribution is -2.40. The van der Waals surface area contributed by atoms with Crippen molar-refractivity contribution in [3.63, 3.8) is 0 Å². The maximum absolute atomic E-state index is 10.5. The number of hydrogen-bond donors (Lipinski definition) is 3. The lowest BCUT2D eigenvalue weighted by atomic mass is 9.62. The Bertz CT molecular complexity index is 1330. The molecule has 6 aliphatic rings. The van der Waals surface area contributed by atoms with Gasteiger partial charge in [-0.15, -0.1) is 0 Å². The third kappa shape index (κ3) is 7.61. The van der Waals surface area contributed by atoms with Gasteiger partial charge in [-0.05, 0) is 147 Å². The lowest BCUT2D eigenvalue weighted by molar-refractivity contribution is 0.00661. The highest BCUT2D eigenvalue weighted by molar-refractivity contribution is 6.69. The van der Waals surface area contributed by atoms with E-state index >= 15 is 0 Å². The summed E-state index contributed by atoms with van der Waals surface area (Å²) in [6, 6.07) is 0. The fraction of sp³-hybridized carbons (Fsp3) is 0.805. The Morgan fingerprint density at radius 1 is 0.739 bits per heavy atom. The van der Waals surface area contributed by atoms with E-state index in [2.05, 4.69) is 83.2 Å². The second-order valence-electron chi connectivity index (χ2n) is 18.5. The first-order chi connectivity index (χ1) is 21.2. The summed E-state index contributed by atoms with van der Waals surface area (Å²) in [6.45, 7) is 19.1. The van der Waals surface area contributed by atoms with Crippen LogP contribution in [0.25, 0.3) is 0 Å². The van der Waals surface area contributed by atoms with Gasteiger partial charge < -0.3 is 19.7 Å². The van der Waals surface area contributed by atoms with Gasteiger partial charge in [0.15, 0.2) is 8.32 Å². The van der Waals surface area contributed by atoms with Gasteiger partial charge in [-0.1, -0.05) is 60.8 Å². The Morgan fingerprint density at radius 2 is 1.15 bits per heavy atom. The summed E-state index contributed by atoms with van der Waals surface area (Å²) in [5, 5.41) is 30.6. The van der Waals surface area contributed by atoms with Crippen LogP contribution in [0.4, 0.5) is 0 Å². The van der Waals surface area contributed by atoms with Gasteiger partial charge >= 0.3 is 0 Å². The topological polar surface area (TPSA) is 69.9 Å². The van der Waals surface area contributed by atoms with Crippen molar-refractivity contribution in [1.29, 1.82) is 0 Å². The summed E-state index contributed by atoms with van der Waals surface area (Å²) in [5.74, 6) is 14.0. The Morgan fingerprint density at radius 3 is 1.52 bits per heavy atom. The molecule has 6 rings (SSSR count). The maximum atomic E-state index is 10.5. The highest BCUT2D eigenvalue weighted by Gasteiger charge is 2.58. The first kappa shape index (κ1) is 36.0. The molecule has 6 aliphatic carbocycles. The molecular weight excluding hydrogens is 585 g/mol. The molecule has 0 radical (unpaired) electrons. The van der Waals surface area contributed by atoms with E-state index in [-0.39, 0.29) is 34.1 Å². The summed E-state index contributed by atoms with van der Waals surface area (Å²) < 4.78 is 6.22. The Kier molecular flexibility index (Phi) is 9.78. The van der Waals surface area contributed by atoms with Crippen molar-refractivity contribution in [3.8, 4) is 23.7 Å². The Balaban J connectivity index is 0.000000184. The third-order valence-electron chi connectivity index (χ3n) is 12.4. The van der Waals surface area contributed by atoms with Crippen molar-refractivity contribution in [1.82, 2.24) is 0 Å². The number of hydrogen-bond acceptors (Lipinski definition) is 4. The molecule has 0 spiro atoms. The van der Waals surface area contributed by atoms with Gasteiger partial charge in [0.2, 0.25) is 0 Å². The highest BCUT2D eigenvalue weighted by Crippen LogP contribution is 2.67. The predicted octanol–water partition coefficient (Wildman–Crippen LogP) is 8.72. The van der Waals surface area contributed by atoms with E-state index in [9.17, 15) is 15.3 Å². The van der Waals surface area contributed by atoms with E-state index in [0.717, 1.165) is 51.4 Å². The van der Waals surface area contributed by atoms with Crippen molar-refractivity contribution in [2.45, 2.75) is 174 Å². The van der Waals surface area contributed by atoms with E-state index in [1.165, 1.54) is 38.5 Å². The van der Waals surface area contributed by atoms with Crippen LogP contribution >= 0.6 is 0 Å². The van der Waals surface area contributed by atoms with Crippen molar-refractivity contribution in [2.75, 3.05) is 0 Å². The van der Waals surface area contributed by atoms with Crippen LogP contribution in [0.2, 0.25) is 19.6 Å². The van der Waals surface area contributed by atoms with Crippen LogP contribution < -0.4 is 0 Å². The second-order valence-corrected chi connectivity index (χ2v) is 22.9. The van der Waals surface area contributed by atoms with Crippen LogP contribution in [0, 0.1) is 57.2 Å². The van der Waals surface area contributed by atoms with Crippen LogP contribution in [0.3, 0.4) is 0 Å². The summed E-state index contributed by atoms with van der Waals surface area (Å²) in [7, 11) is -1.58. The zero-order valence-electron chi connectivity index (χ0n) is 30.6. The summed E-state index contributed by atoms with van der Waals surface area (Å²) in [5.41, 5.74) is 2.89. The predicted molar refractivity (Wildman–Crippen MR) is 191 cm³/mol.